The second kappa shape index (κ2) is 11.7. The molecule has 0 amide bonds. The number of halogens is 1. The lowest BCUT2D eigenvalue weighted by Gasteiger charge is -2.43. The van der Waals surface area contributed by atoms with E-state index in [1.165, 1.54) is 5.57 Å². The molecule has 0 aliphatic carbocycles. The molecule has 0 saturated heterocycles. The van der Waals surface area contributed by atoms with Crippen molar-refractivity contribution in [2.24, 2.45) is 0 Å². The van der Waals surface area contributed by atoms with Gasteiger partial charge in [-0.3, -0.25) is 0 Å². The average molecular weight is 610 g/mol. The highest BCUT2D eigenvalue weighted by Gasteiger charge is 2.50. The molecule has 1 aliphatic heterocycles. The van der Waals surface area contributed by atoms with E-state index in [1.54, 1.807) is 0 Å². The van der Waals surface area contributed by atoms with E-state index in [9.17, 15) is 0 Å². The lowest BCUT2D eigenvalue weighted by atomic mass is 9.78. The molecule has 0 unspecified atom stereocenters. The van der Waals surface area contributed by atoms with Crippen molar-refractivity contribution < 1.29 is 13.6 Å². The van der Waals surface area contributed by atoms with Gasteiger partial charge in [0.25, 0.3) is 8.32 Å². The van der Waals surface area contributed by atoms with E-state index in [0.717, 1.165) is 21.5 Å². The molecule has 0 bridgehead atoms. The zero-order valence-corrected chi connectivity index (χ0v) is 29.6. The van der Waals surface area contributed by atoms with Gasteiger partial charge in [0.05, 0.1) is 16.5 Å². The number of rotatable bonds is 10. The van der Waals surface area contributed by atoms with Crippen molar-refractivity contribution in [3.8, 4) is 11.5 Å². The van der Waals surface area contributed by atoms with Gasteiger partial charge < -0.3 is 13.6 Å². The summed E-state index contributed by atoms with van der Waals surface area (Å²) in [6.45, 7) is 32.7. The second-order valence-electron chi connectivity index (χ2n) is 13.6. The van der Waals surface area contributed by atoms with E-state index in [1.807, 2.05) is 0 Å². The highest BCUT2D eigenvalue weighted by atomic mass is 79.9. The predicted octanol–water partition coefficient (Wildman–Crippen LogP) is 10.6. The molecule has 1 aromatic carbocycles. The maximum atomic E-state index is 7.24. The largest absolute Gasteiger partial charge is 0.542 e. The Kier molecular flexibility index (Phi) is 10.3. The Morgan fingerprint density at radius 3 is 2.11 bits per heavy atom. The maximum Gasteiger partial charge on any atom is 0.258 e. The van der Waals surface area contributed by atoms with Crippen molar-refractivity contribution >= 4 is 32.6 Å². The highest BCUT2D eigenvalue weighted by molar-refractivity contribution is 9.10. The van der Waals surface area contributed by atoms with Gasteiger partial charge in [-0.25, -0.2) is 0 Å². The Labute approximate surface area is 238 Å². The quantitative estimate of drug-likeness (QED) is 0.195. The van der Waals surface area contributed by atoms with Gasteiger partial charge in [0, 0.05) is 5.56 Å². The molecule has 0 radical (unpaired) electrons. The first-order valence-electron chi connectivity index (χ1n) is 14.0. The lowest BCUT2D eigenvalue weighted by Crippen LogP contribution is -2.51. The first-order valence-corrected chi connectivity index (χ1v) is 19.8. The zero-order valence-electron chi connectivity index (χ0n) is 26.0. The summed E-state index contributed by atoms with van der Waals surface area (Å²) in [6, 6.07) is 4.23. The van der Waals surface area contributed by atoms with Crippen molar-refractivity contribution in [2.45, 2.75) is 129 Å². The summed E-state index contributed by atoms with van der Waals surface area (Å²) in [7, 11) is -3.90. The summed E-state index contributed by atoms with van der Waals surface area (Å²) in [5.74, 6) is 1.90. The van der Waals surface area contributed by atoms with Gasteiger partial charge in [-0.1, -0.05) is 80.5 Å². The van der Waals surface area contributed by atoms with Crippen LogP contribution in [-0.2, 0) is 9.84 Å². The predicted molar refractivity (Wildman–Crippen MR) is 169 cm³/mol. The van der Waals surface area contributed by atoms with E-state index in [2.05, 4.69) is 142 Å². The van der Waals surface area contributed by atoms with Crippen LogP contribution in [0.5, 0.6) is 11.5 Å². The summed E-state index contributed by atoms with van der Waals surface area (Å²) in [5, 5.41) is 0.210. The molecule has 210 valence electrons. The summed E-state index contributed by atoms with van der Waals surface area (Å²) in [5.41, 5.74) is 3.58. The number of hydrogen-bond donors (Lipinski definition) is 0. The SMILES string of the molecule is C/C(=C\C=C\[C@]1(C)c2c(O[Si](C(C)C)(C(C)C)C(C)C)ccc(Br)c2O[C@@H]1C)CO[Si](C)(C)C(C)(C)C. The molecule has 0 aromatic heterocycles. The molecule has 0 fully saturated rings. The van der Waals surface area contributed by atoms with Gasteiger partial charge in [0.2, 0.25) is 0 Å². The summed E-state index contributed by atoms with van der Waals surface area (Å²) in [6.07, 6.45) is 6.66. The Hall–Kier alpha value is -0.826. The van der Waals surface area contributed by atoms with Gasteiger partial charge in [0.1, 0.15) is 17.6 Å². The van der Waals surface area contributed by atoms with Crippen LogP contribution in [0.3, 0.4) is 0 Å². The molecule has 2 rings (SSSR count). The van der Waals surface area contributed by atoms with E-state index < -0.39 is 16.6 Å². The Bertz CT molecular complexity index is 983. The van der Waals surface area contributed by atoms with Crippen molar-refractivity contribution in [3.05, 3.63) is 46.0 Å². The van der Waals surface area contributed by atoms with Crippen LogP contribution in [0.2, 0.25) is 34.8 Å². The zero-order chi connectivity index (χ0) is 28.6. The number of hydrogen-bond acceptors (Lipinski definition) is 3. The van der Waals surface area contributed by atoms with Gasteiger partial charge in [-0.15, -0.1) is 0 Å². The fourth-order valence-electron chi connectivity index (χ4n) is 5.49. The minimum Gasteiger partial charge on any atom is -0.542 e. The maximum absolute atomic E-state index is 7.24. The molecule has 3 nitrogen and oxygen atoms in total. The number of allylic oxidation sites excluding steroid dienone is 2. The first kappa shape index (κ1) is 32.4. The highest BCUT2D eigenvalue weighted by Crippen LogP contribution is 2.54. The van der Waals surface area contributed by atoms with E-state index in [4.69, 9.17) is 13.6 Å². The molecule has 1 aliphatic rings. The van der Waals surface area contributed by atoms with Crippen LogP contribution in [0.4, 0.5) is 0 Å². The van der Waals surface area contributed by atoms with Gasteiger partial charge >= 0.3 is 0 Å². The van der Waals surface area contributed by atoms with Gasteiger partial charge in [-0.05, 0) is 89.2 Å². The van der Waals surface area contributed by atoms with Gasteiger partial charge in [0.15, 0.2) is 8.32 Å². The van der Waals surface area contributed by atoms with Crippen molar-refractivity contribution in [1.29, 1.82) is 0 Å². The van der Waals surface area contributed by atoms with Crippen LogP contribution in [0, 0.1) is 0 Å². The summed E-state index contributed by atoms with van der Waals surface area (Å²) < 4.78 is 21.1. The molecular formula is C31H53BrO3Si2. The molecule has 1 heterocycles. The van der Waals surface area contributed by atoms with Crippen molar-refractivity contribution in [2.75, 3.05) is 6.61 Å². The molecule has 2 atom stereocenters. The van der Waals surface area contributed by atoms with Crippen molar-refractivity contribution in [3.63, 3.8) is 0 Å². The molecular weight excluding hydrogens is 556 g/mol. The fraction of sp³-hybridized carbons (Fsp3) is 0.677. The van der Waals surface area contributed by atoms with E-state index >= 15 is 0 Å². The number of fused-ring (bicyclic) bond motifs is 1. The molecule has 37 heavy (non-hydrogen) atoms. The summed E-state index contributed by atoms with van der Waals surface area (Å²) in [4.78, 5) is 0. The van der Waals surface area contributed by atoms with Crippen molar-refractivity contribution in [1.82, 2.24) is 0 Å². The minimum absolute atomic E-state index is 0.00907. The van der Waals surface area contributed by atoms with E-state index in [0.29, 0.717) is 23.2 Å². The normalized spacial score (nSPS) is 21.4. The Balaban J connectivity index is 2.46. The third kappa shape index (κ3) is 6.50. The number of ether oxygens (including phenoxy) is 1. The molecule has 0 saturated carbocycles. The smallest absolute Gasteiger partial charge is 0.258 e. The molecule has 0 N–H and O–H groups in total. The summed E-state index contributed by atoms with van der Waals surface area (Å²) >= 11 is 3.76. The monoisotopic (exact) mass is 608 g/mol. The van der Waals surface area contributed by atoms with Crippen LogP contribution in [0.25, 0.3) is 0 Å². The van der Waals surface area contributed by atoms with Crippen LogP contribution < -0.4 is 9.16 Å². The van der Waals surface area contributed by atoms with Crippen LogP contribution in [0.1, 0.15) is 88.6 Å². The van der Waals surface area contributed by atoms with Crippen LogP contribution >= 0.6 is 15.9 Å². The third-order valence-electron chi connectivity index (χ3n) is 9.03. The standard InChI is InChI=1S/C31H53BrO3Si2/c1-21(2)37(22(3)4,23(5)6)35-27-18-17-26(32)29-28(27)31(12,25(8)34-29)19-15-16-24(7)20-33-36(13,14)30(9,10)11/h15-19,21-23,25H,20H2,1-14H3/b19-15+,24-16+/t25-,31+/m1/s1. The third-order valence-corrected chi connectivity index (χ3v) is 20.1. The molecule has 6 heteroatoms. The molecule has 0 spiro atoms. The van der Waals surface area contributed by atoms with Crippen LogP contribution in [-0.4, -0.2) is 29.3 Å². The second-order valence-corrected chi connectivity index (χ2v) is 24.7. The Morgan fingerprint density at radius 2 is 1.62 bits per heavy atom. The number of benzene rings is 1. The average Bonchev–Trinajstić information content (AvgIpc) is 3.02. The van der Waals surface area contributed by atoms with Gasteiger partial charge in [-0.2, -0.15) is 0 Å². The first-order chi connectivity index (χ1) is 16.8. The Morgan fingerprint density at radius 1 is 1.08 bits per heavy atom. The minimum atomic E-state index is -2.13. The topological polar surface area (TPSA) is 27.7 Å². The fourth-order valence-corrected chi connectivity index (χ4v) is 12.2. The van der Waals surface area contributed by atoms with Crippen LogP contribution in [0.15, 0.2) is 40.4 Å². The molecule has 1 aromatic rings. The van der Waals surface area contributed by atoms with E-state index in [-0.39, 0.29) is 16.6 Å². The lowest BCUT2D eigenvalue weighted by molar-refractivity contribution is 0.199.